The molecule has 96 valence electrons. The van der Waals surface area contributed by atoms with Crippen LogP contribution in [0, 0.1) is 0 Å². The minimum Gasteiger partial charge on any atom is -0.292 e. The van der Waals surface area contributed by atoms with Crippen molar-refractivity contribution in [3.63, 3.8) is 0 Å². The summed E-state index contributed by atoms with van der Waals surface area (Å²) in [6.45, 7) is 0.922. The Morgan fingerprint density at radius 2 is 2.24 bits per heavy atom. The number of hydrogen-bond acceptors (Lipinski definition) is 2. The lowest BCUT2D eigenvalue weighted by atomic mass is 9.97. The molecule has 1 aliphatic rings. The van der Waals surface area contributed by atoms with Gasteiger partial charge >= 0.3 is 6.18 Å². The number of halogens is 3. The van der Waals surface area contributed by atoms with E-state index in [1.54, 1.807) is 0 Å². The highest BCUT2D eigenvalue weighted by atomic mass is 19.4. The SMILES string of the molecule is C/C=C\C1=C(CNOCC(F)(F)F)C=CCC1. The summed E-state index contributed by atoms with van der Waals surface area (Å²) in [5, 5.41) is 0. The van der Waals surface area contributed by atoms with E-state index >= 15 is 0 Å². The first kappa shape index (κ1) is 14.0. The molecular formula is C12H16F3NO. The Morgan fingerprint density at radius 3 is 2.88 bits per heavy atom. The Morgan fingerprint density at radius 1 is 1.47 bits per heavy atom. The van der Waals surface area contributed by atoms with Crippen LogP contribution in [0.5, 0.6) is 0 Å². The van der Waals surface area contributed by atoms with Gasteiger partial charge in [0.1, 0.15) is 0 Å². The van der Waals surface area contributed by atoms with Gasteiger partial charge in [-0.15, -0.1) is 0 Å². The first-order chi connectivity index (χ1) is 8.03. The molecule has 5 heteroatoms. The maximum Gasteiger partial charge on any atom is 0.413 e. The average Bonchev–Trinajstić information content (AvgIpc) is 2.25. The molecule has 0 saturated heterocycles. The quantitative estimate of drug-likeness (QED) is 0.594. The summed E-state index contributed by atoms with van der Waals surface area (Å²) in [5.74, 6) is 0. The van der Waals surface area contributed by atoms with Gasteiger partial charge in [-0.2, -0.15) is 18.7 Å². The number of alkyl halides is 3. The van der Waals surface area contributed by atoms with E-state index in [9.17, 15) is 13.2 Å². The number of nitrogens with one attached hydrogen (secondary N) is 1. The van der Waals surface area contributed by atoms with Gasteiger partial charge in [-0.1, -0.05) is 24.3 Å². The molecular weight excluding hydrogens is 231 g/mol. The van der Waals surface area contributed by atoms with Gasteiger partial charge in [0, 0.05) is 6.54 Å². The van der Waals surface area contributed by atoms with Crippen LogP contribution in [0.4, 0.5) is 13.2 Å². The van der Waals surface area contributed by atoms with Crippen LogP contribution in [-0.2, 0) is 4.84 Å². The lowest BCUT2D eigenvalue weighted by Gasteiger charge is -2.14. The molecule has 0 saturated carbocycles. The van der Waals surface area contributed by atoms with Crippen LogP contribution in [0.1, 0.15) is 19.8 Å². The van der Waals surface area contributed by atoms with Crippen molar-refractivity contribution in [2.24, 2.45) is 0 Å². The van der Waals surface area contributed by atoms with E-state index in [1.165, 1.54) is 0 Å². The van der Waals surface area contributed by atoms with E-state index in [0.29, 0.717) is 0 Å². The maximum atomic E-state index is 11.8. The Kier molecular flexibility index (Phi) is 5.44. The van der Waals surface area contributed by atoms with Gasteiger partial charge in [0.15, 0.2) is 6.61 Å². The molecule has 0 atom stereocenters. The fourth-order valence-electron chi connectivity index (χ4n) is 1.56. The van der Waals surface area contributed by atoms with Crippen molar-refractivity contribution in [1.29, 1.82) is 0 Å². The lowest BCUT2D eigenvalue weighted by Crippen LogP contribution is -2.26. The Labute approximate surface area is 98.8 Å². The van der Waals surface area contributed by atoms with E-state index in [2.05, 4.69) is 10.3 Å². The Bertz CT molecular complexity index is 329. The topological polar surface area (TPSA) is 21.3 Å². The van der Waals surface area contributed by atoms with Crippen molar-refractivity contribution in [1.82, 2.24) is 5.48 Å². The third kappa shape index (κ3) is 5.70. The third-order valence-corrected chi connectivity index (χ3v) is 2.28. The predicted octanol–water partition coefficient (Wildman–Crippen LogP) is 3.29. The smallest absolute Gasteiger partial charge is 0.292 e. The first-order valence-corrected chi connectivity index (χ1v) is 5.45. The summed E-state index contributed by atoms with van der Waals surface area (Å²) in [4.78, 5) is 4.36. The molecule has 0 heterocycles. The monoisotopic (exact) mass is 247 g/mol. The van der Waals surface area contributed by atoms with Crippen molar-refractivity contribution in [3.8, 4) is 0 Å². The van der Waals surface area contributed by atoms with Gasteiger partial charge < -0.3 is 0 Å². The van der Waals surface area contributed by atoms with E-state index in [-0.39, 0.29) is 6.54 Å². The fourth-order valence-corrected chi connectivity index (χ4v) is 1.56. The highest BCUT2D eigenvalue weighted by Gasteiger charge is 2.27. The zero-order valence-corrected chi connectivity index (χ0v) is 9.68. The van der Waals surface area contributed by atoms with Crippen molar-refractivity contribution in [2.75, 3.05) is 13.2 Å². The van der Waals surface area contributed by atoms with Crippen LogP contribution in [-0.4, -0.2) is 19.3 Å². The molecule has 0 fully saturated rings. The van der Waals surface area contributed by atoms with Gasteiger partial charge in [-0.25, -0.2) is 0 Å². The van der Waals surface area contributed by atoms with Crippen LogP contribution in [0.2, 0.25) is 0 Å². The molecule has 1 N–H and O–H groups in total. The summed E-state index contributed by atoms with van der Waals surface area (Å²) >= 11 is 0. The van der Waals surface area contributed by atoms with Crippen molar-refractivity contribution in [3.05, 3.63) is 35.5 Å². The number of allylic oxidation sites excluding steroid dienone is 4. The Balaban J connectivity index is 2.41. The van der Waals surface area contributed by atoms with E-state index < -0.39 is 12.8 Å². The zero-order chi connectivity index (χ0) is 12.7. The second kappa shape index (κ2) is 6.61. The molecule has 0 bridgehead atoms. The normalized spacial score (nSPS) is 17.2. The van der Waals surface area contributed by atoms with Gasteiger partial charge in [-0.3, -0.25) is 4.84 Å². The average molecular weight is 247 g/mol. The molecule has 0 aromatic rings. The summed E-state index contributed by atoms with van der Waals surface area (Å²) < 4.78 is 35.4. The minimum absolute atomic E-state index is 0.284. The van der Waals surface area contributed by atoms with Gasteiger partial charge in [0.05, 0.1) is 0 Å². The van der Waals surface area contributed by atoms with Crippen LogP contribution in [0.25, 0.3) is 0 Å². The summed E-state index contributed by atoms with van der Waals surface area (Å²) in [6, 6.07) is 0. The molecule has 0 radical (unpaired) electrons. The molecule has 2 nitrogen and oxygen atoms in total. The maximum absolute atomic E-state index is 11.8. The number of rotatable bonds is 5. The molecule has 0 spiro atoms. The molecule has 1 rings (SSSR count). The number of hydroxylamine groups is 1. The second-order valence-electron chi connectivity index (χ2n) is 3.72. The largest absolute Gasteiger partial charge is 0.413 e. The van der Waals surface area contributed by atoms with E-state index in [4.69, 9.17) is 0 Å². The van der Waals surface area contributed by atoms with Crippen molar-refractivity contribution in [2.45, 2.75) is 25.9 Å². The molecule has 17 heavy (non-hydrogen) atoms. The van der Waals surface area contributed by atoms with Gasteiger partial charge in [-0.05, 0) is 30.9 Å². The predicted molar refractivity (Wildman–Crippen MR) is 60.2 cm³/mol. The molecule has 1 aliphatic carbocycles. The standard InChI is InChI=1S/C12H16F3NO/c1-2-5-10-6-3-4-7-11(10)8-16-17-9-12(13,14)15/h2,4-5,7,16H,3,6,8-9H2,1H3/b5-2-. The van der Waals surface area contributed by atoms with Crippen LogP contribution < -0.4 is 5.48 Å². The van der Waals surface area contributed by atoms with Crippen LogP contribution >= 0.6 is 0 Å². The van der Waals surface area contributed by atoms with Gasteiger partial charge in [0.2, 0.25) is 0 Å². The van der Waals surface area contributed by atoms with Crippen molar-refractivity contribution >= 4 is 0 Å². The van der Waals surface area contributed by atoms with Crippen LogP contribution in [0.15, 0.2) is 35.5 Å². The zero-order valence-electron chi connectivity index (χ0n) is 9.68. The molecule has 0 aromatic heterocycles. The minimum atomic E-state index is -4.30. The summed E-state index contributed by atoms with van der Waals surface area (Å²) in [6.07, 6.45) is 5.41. The lowest BCUT2D eigenvalue weighted by molar-refractivity contribution is -0.188. The highest BCUT2D eigenvalue weighted by Crippen LogP contribution is 2.19. The molecule has 0 amide bonds. The number of hydrogen-bond donors (Lipinski definition) is 1. The highest BCUT2D eigenvalue weighted by molar-refractivity contribution is 5.36. The van der Waals surface area contributed by atoms with Crippen LogP contribution in [0.3, 0.4) is 0 Å². The second-order valence-corrected chi connectivity index (χ2v) is 3.72. The third-order valence-electron chi connectivity index (χ3n) is 2.28. The molecule has 0 aromatic carbocycles. The van der Waals surface area contributed by atoms with E-state index in [0.717, 1.165) is 24.0 Å². The first-order valence-electron chi connectivity index (χ1n) is 5.45. The summed E-state index contributed by atoms with van der Waals surface area (Å²) in [7, 11) is 0. The fraction of sp³-hybridized carbons (Fsp3) is 0.500. The molecule has 0 aliphatic heterocycles. The van der Waals surface area contributed by atoms with Gasteiger partial charge in [0.25, 0.3) is 0 Å². The molecule has 0 unspecified atom stereocenters. The van der Waals surface area contributed by atoms with Crippen molar-refractivity contribution < 1.29 is 18.0 Å². The summed E-state index contributed by atoms with van der Waals surface area (Å²) in [5.41, 5.74) is 4.44. The van der Waals surface area contributed by atoms with E-state index in [1.807, 2.05) is 31.2 Å². The Hall–Kier alpha value is -1.07.